The van der Waals surface area contributed by atoms with E-state index in [4.69, 9.17) is 16.3 Å². The molecule has 0 saturated carbocycles. The summed E-state index contributed by atoms with van der Waals surface area (Å²) in [6.45, 7) is 11.3. The summed E-state index contributed by atoms with van der Waals surface area (Å²) in [6, 6.07) is 7.55. The summed E-state index contributed by atoms with van der Waals surface area (Å²) in [7, 11) is 0. The predicted molar refractivity (Wildman–Crippen MR) is 97.7 cm³/mol. The monoisotopic (exact) mass is 353 g/mol. The van der Waals surface area contributed by atoms with Crippen molar-refractivity contribution in [2.24, 2.45) is 0 Å². The van der Waals surface area contributed by atoms with Crippen molar-refractivity contribution in [3.05, 3.63) is 29.3 Å². The second kappa shape index (κ2) is 9.25. The number of amides is 1. The third-order valence-electron chi connectivity index (χ3n) is 4.25. The molecule has 2 rings (SSSR count). The van der Waals surface area contributed by atoms with E-state index in [2.05, 4.69) is 15.1 Å². The van der Waals surface area contributed by atoms with E-state index in [-0.39, 0.29) is 18.0 Å². The number of hydrogen-bond acceptors (Lipinski definition) is 4. The molecule has 1 amide bonds. The van der Waals surface area contributed by atoms with E-state index in [1.165, 1.54) is 0 Å². The average Bonchev–Trinajstić information content (AvgIpc) is 2.56. The van der Waals surface area contributed by atoms with Crippen LogP contribution in [0.25, 0.3) is 0 Å². The zero-order valence-electron chi connectivity index (χ0n) is 14.8. The molecule has 1 N–H and O–H groups in total. The van der Waals surface area contributed by atoms with Gasteiger partial charge in [0, 0.05) is 43.8 Å². The van der Waals surface area contributed by atoms with Crippen LogP contribution in [-0.4, -0.2) is 67.1 Å². The molecular weight excluding hydrogens is 326 g/mol. The van der Waals surface area contributed by atoms with Crippen molar-refractivity contribution in [2.75, 3.05) is 39.3 Å². The fourth-order valence-electron chi connectivity index (χ4n) is 2.77. The SMILES string of the molecule is CC(C)NC(=O)[C@@H](C)N1CCN(CCOc2ccc(Cl)cc2)CC1. The molecule has 1 aromatic rings. The first-order chi connectivity index (χ1) is 11.5. The Kier molecular flexibility index (Phi) is 7.34. The smallest absolute Gasteiger partial charge is 0.237 e. The second-order valence-electron chi connectivity index (χ2n) is 6.52. The molecule has 0 aromatic heterocycles. The Hall–Kier alpha value is -1.30. The molecule has 5 nitrogen and oxygen atoms in total. The van der Waals surface area contributed by atoms with E-state index in [9.17, 15) is 4.79 Å². The third-order valence-corrected chi connectivity index (χ3v) is 4.51. The van der Waals surface area contributed by atoms with Gasteiger partial charge in [0.2, 0.25) is 5.91 Å². The average molecular weight is 354 g/mol. The minimum Gasteiger partial charge on any atom is -0.492 e. The Bertz CT molecular complexity index is 514. The Morgan fingerprint density at radius 2 is 1.79 bits per heavy atom. The lowest BCUT2D eigenvalue weighted by Crippen LogP contribution is -2.54. The van der Waals surface area contributed by atoms with E-state index < -0.39 is 0 Å². The van der Waals surface area contributed by atoms with Gasteiger partial charge in [-0.1, -0.05) is 11.6 Å². The molecular formula is C18H28ClN3O2. The third kappa shape index (κ3) is 5.96. The summed E-state index contributed by atoms with van der Waals surface area (Å²) < 4.78 is 5.74. The van der Waals surface area contributed by atoms with Crippen molar-refractivity contribution in [3.63, 3.8) is 0 Å². The number of carbonyl (C=O) groups is 1. The van der Waals surface area contributed by atoms with Crippen LogP contribution in [0.15, 0.2) is 24.3 Å². The van der Waals surface area contributed by atoms with Crippen LogP contribution in [0.4, 0.5) is 0 Å². The van der Waals surface area contributed by atoms with Crippen LogP contribution in [0.3, 0.4) is 0 Å². The number of ether oxygens (including phenoxy) is 1. The largest absolute Gasteiger partial charge is 0.492 e. The molecule has 1 heterocycles. The lowest BCUT2D eigenvalue weighted by molar-refractivity contribution is -0.127. The summed E-state index contributed by atoms with van der Waals surface area (Å²) in [4.78, 5) is 16.7. The maximum absolute atomic E-state index is 12.1. The first-order valence-corrected chi connectivity index (χ1v) is 8.98. The molecule has 24 heavy (non-hydrogen) atoms. The number of piperazine rings is 1. The van der Waals surface area contributed by atoms with Gasteiger partial charge in [0.25, 0.3) is 0 Å². The van der Waals surface area contributed by atoms with Gasteiger partial charge in [-0.05, 0) is 45.0 Å². The summed E-state index contributed by atoms with van der Waals surface area (Å²) >= 11 is 5.86. The minimum atomic E-state index is -0.0696. The predicted octanol–water partition coefficient (Wildman–Crippen LogP) is 2.25. The Labute approximate surface area is 149 Å². The van der Waals surface area contributed by atoms with Crippen LogP contribution in [0, 0.1) is 0 Å². The highest BCUT2D eigenvalue weighted by Crippen LogP contribution is 2.15. The maximum Gasteiger partial charge on any atom is 0.237 e. The first-order valence-electron chi connectivity index (χ1n) is 8.61. The lowest BCUT2D eigenvalue weighted by Gasteiger charge is -2.37. The van der Waals surface area contributed by atoms with Gasteiger partial charge in [0.05, 0.1) is 6.04 Å². The maximum atomic E-state index is 12.1. The Morgan fingerprint density at radius 3 is 2.38 bits per heavy atom. The van der Waals surface area contributed by atoms with Crippen LogP contribution in [0.5, 0.6) is 5.75 Å². The summed E-state index contributed by atoms with van der Waals surface area (Å²) in [5, 5.41) is 3.70. The standard InChI is InChI=1S/C18H28ClN3O2/c1-14(2)20-18(23)15(3)22-10-8-21(9-11-22)12-13-24-17-6-4-16(19)5-7-17/h4-7,14-15H,8-13H2,1-3H3,(H,20,23)/t15-/m1/s1. The van der Waals surface area contributed by atoms with E-state index in [1.807, 2.05) is 45.0 Å². The van der Waals surface area contributed by atoms with Crippen molar-refractivity contribution >= 4 is 17.5 Å². The lowest BCUT2D eigenvalue weighted by atomic mass is 10.2. The van der Waals surface area contributed by atoms with Gasteiger partial charge in [-0.15, -0.1) is 0 Å². The highest BCUT2D eigenvalue weighted by molar-refractivity contribution is 6.30. The highest BCUT2D eigenvalue weighted by Gasteiger charge is 2.25. The summed E-state index contributed by atoms with van der Waals surface area (Å²) in [5.41, 5.74) is 0. The van der Waals surface area contributed by atoms with Crippen LogP contribution in [0.1, 0.15) is 20.8 Å². The number of nitrogens with zero attached hydrogens (tertiary/aromatic N) is 2. The van der Waals surface area contributed by atoms with Crippen molar-refractivity contribution in [2.45, 2.75) is 32.9 Å². The zero-order valence-corrected chi connectivity index (χ0v) is 15.6. The Balaban J connectivity index is 1.67. The number of benzene rings is 1. The van der Waals surface area contributed by atoms with Crippen molar-refractivity contribution in [1.29, 1.82) is 0 Å². The van der Waals surface area contributed by atoms with Crippen LogP contribution >= 0.6 is 11.6 Å². The van der Waals surface area contributed by atoms with E-state index in [0.29, 0.717) is 11.6 Å². The molecule has 1 aliphatic heterocycles. The van der Waals surface area contributed by atoms with Crippen LogP contribution < -0.4 is 10.1 Å². The molecule has 134 valence electrons. The summed E-state index contributed by atoms with van der Waals surface area (Å²) in [5.74, 6) is 0.960. The van der Waals surface area contributed by atoms with Gasteiger partial charge in [-0.2, -0.15) is 0 Å². The van der Waals surface area contributed by atoms with E-state index >= 15 is 0 Å². The van der Waals surface area contributed by atoms with Crippen molar-refractivity contribution < 1.29 is 9.53 Å². The molecule has 1 fully saturated rings. The van der Waals surface area contributed by atoms with E-state index in [1.54, 1.807) is 0 Å². The minimum absolute atomic E-state index is 0.0696. The fourth-order valence-corrected chi connectivity index (χ4v) is 2.89. The summed E-state index contributed by atoms with van der Waals surface area (Å²) in [6.07, 6.45) is 0. The van der Waals surface area contributed by atoms with Gasteiger partial charge in [0.15, 0.2) is 0 Å². The highest BCUT2D eigenvalue weighted by atomic mass is 35.5. The van der Waals surface area contributed by atoms with Gasteiger partial charge in [-0.25, -0.2) is 0 Å². The molecule has 1 atom stereocenters. The fraction of sp³-hybridized carbons (Fsp3) is 0.611. The van der Waals surface area contributed by atoms with Crippen molar-refractivity contribution in [1.82, 2.24) is 15.1 Å². The van der Waals surface area contributed by atoms with E-state index in [0.717, 1.165) is 38.5 Å². The topological polar surface area (TPSA) is 44.8 Å². The molecule has 0 radical (unpaired) electrons. The van der Waals surface area contributed by atoms with Crippen LogP contribution in [-0.2, 0) is 4.79 Å². The number of rotatable bonds is 7. The number of carbonyl (C=O) groups excluding carboxylic acids is 1. The molecule has 1 aliphatic rings. The number of hydrogen-bond donors (Lipinski definition) is 1. The molecule has 1 aromatic carbocycles. The zero-order chi connectivity index (χ0) is 17.5. The van der Waals surface area contributed by atoms with Gasteiger partial charge >= 0.3 is 0 Å². The molecule has 0 unspecified atom stereocenters. The molecule has 1 saturated heterocycles. The molecule has 0 bridgehead atoms. The number of nitrogens with one attached hydrogen (secondary N) is 1. The normalized spacial score (nSPS) is 17.7. The van der Waals surface area contributed by atoms with Gasteiger partial charge < -0.3 is 10.1 Å². The van der Waals surface area contributed by atoms with Crippen LogP contribution in [0.2, 0.25) is 5.02 Å². The second-order valence-corrected chi connectivity index (χ2v) is 6.96. The van der Waals surface area contributed by atoms with Gasteiger partial charge in [0.1, 0.15) is 12.4 Å². The van der Waals surface area contributed by atoms with Crippen molar-refractivity contribution in [3.8, 4) is 5.75 Å². The quantitative estimate of drug-likeness (QED) is 0.816. The Morgan fingerprint density at radius 1 is 1.17 bits per heavy atom. The van der Waals surface area contributed by atoms with Gasteiger partial charge in [-0.3, -0.25) is 14.6 Å². The molecule has 0 spiro atoms. The first kappa shape index (κ1) is 19.0. The number of halogens is 1. The molecule has 0 aliphatic carbocycles. The molecule has 6 heteroatoms.